The summed E-state index contributed by atoms with van der Waals surface area (Å²) in [4.78, 5) is 37.8. The Morgan fingerprint density at radius 2 is 1.96 bits per heavy atom. The molecular formula is C17H23N3O4. The quantitative estimate of drug-likeness (QED) is 0.592. The number of ether oxygens (including phenoxy) is 1. The van der Waals surface area contributed by atoms with Crippen LogP contribution in [0.1, 0.15) is 47.4 Å². The number of anilines is 1. The van der Waals surface area contributed by atoms with E-state index >= 15 is 0 Å². The highest BCUT2D eigenvalue weighted by molar-refractivity contribution is 6.21. The zero-order chi connectivity index (χ0) is 17.7. The van der Waals surface area contributed by atoms with Crippen molar-refractivity contribution in [3.8, 4) is 0 Å². The fraction of sp³-hybridized carbons (Fsp3) is 0.471. The smallest absolute Gasteiger partial charge is 0.319 e. The molecule has 2 N–H and O–H groups in total. The molecule has 0 aromatic heterocycles. The number of rotatable bonds is 7. The maximum atomic E-state index is 12.4. The number of methoxy groups -OCH3 is 1. The van der Waals surface area contributed by atoms with Crippen molar-refractivity contribution in [3.05, 3.63) is 29.3 Å². The fourth-order valence-corrected chi connectivity index (χ4v) is 2.43. The molecule has 1 heterocycles. The topological polar surface area (TPSA) is 87.7 Å². The molecule has 4 amide bonds. The van der Waals surface area contributed by atoms with Gasteiger partial charge in [0.2, 0.25) is 0 Å². The largest absolute Gasteiger partial charge is 0.385 e. The number of carbonyl (C=O) groups excluding carboxylic acids is 3. The number of carbonyl (C=O) groups is 3. The van der Waals surface area contributed by atoms with Crippen LogP contribution < -0.4 is 10.6 Å². The zero-order valence-corrected chi connectivity index (χ0v) is 14.2. The predicted molar refractivity (Wildman–Crippen MR) is 90.2 cm³/mol. The van der Waals surface area contributed by atoms with Crippen LogP contribution in [0.4, 0.5) is 10.5 Å². The molecule has 1 aliphatic rings. The summed E-state index contributed by atoms with van der Waals surface area (Å²) in [5.41, 5.74) is 1.17. The van der Waals surface area contributed by atoms with Crippen molar-refractivity contribution < 1.29 is 19.1 Å². The van der Waals surface area contributed by atoms with Gasteiger partial charge in [-0.05, 0) is 38.0 Å². The second kappa shape index (κ2) is 7.92. The number of nitrogens with zero attached hydrogens (tertiary/aromatic N) is 1. The Morgan fingerprint density at radius 1 is 1.25 bits per heavy atom. The molecule has 1 aromatic carbocycles. The molecule has 1 unspecified atom stereocenters. The Hall–Kier alpha value is -2.41. The summed E-state index contributed by atoms with van der Waals surface area (Å²) in [5.74, 6) is -0.640. The van der Waals surface area contributed by atoms with Crippen molar-refractivity contribution in [2.75, 3.05) is 25.6 Å². The lowest BCUT2D eigenvalue weighted by atomic mass is 10.1. The average Bonchev–Trinajstić information content (AvgIpc) is 2.79. The third kappa shape index (κ3) is 3.91. The summed E-state index contributed by atoms with van der Waals surface area (Å²) in [7, 11) is 1.57. The first kappa shape index (κ1) is 17.9. The minimum absolute atomic E-state index is 0.0545. The molecule has 2 rings (SSSR count). The van der Waals surface area contributed by atoms with Gasteiger partial charge in [-0.25, -0.2) is 4.79 Å². The number of fused-ring (bicyclic) bond motifs is 1. The van der Waals surface area contributed by atoms with E-state index in [-0.39, 0.29) is 23.9 Å². The first-order chi connectivity index (χ1) is 11.5. The van der Waals surface area contributed by atoms with Gasteiger partial charge >= 0.3 is 6.03 Å². The Kier molecular flexibility index (Phi) is 5.92. The molecule has 0 saturated carbocycles. The number of hydrogen-bond acceptors (Lipinski definition) is 4. The summed E-state index contributed by atoms with van der Waals surface area (Å²) in [6.45, 7) is 4.68. The molecule has 0 aliphatic carbocycles. The normalized spacial score (nSPS) is 14.5. The summed E-state index contributed by atoms with van der Waals surface area (Å²) >= 11 is 0. The molecule has 0 saturated heterocycles. The number of urea groups is 1. The highest BCUT2D eigenvalue weighted by Crippen LogP contribution is 2.26. The van der Waals surface area contributed by atoms with Crippen LogP contribution in [-0.4, -0.2) is 49.0 Å². The molecule has 130 valence electrons. The summed E-state index contributed by atoms with van der Waals surface area (Å²) in [6.07, 6.45) is 1.41. The fourth-order valence-electron chi connectivity index (χ4n) is 2.43. The lowest BCUT2D eigenvalue weighted by molar-refractivity contribution is 0.0638. The van der Waals surface area contributed by atoms with Gasteiger partial charge in [-0.15, -0.1) is 0 Å². The summed E-state index contributed by atoms with van der Waals surface area (Å²) in [5, 5.41) is 5.47. The minimum Gasteiger partial charge on any atom is -0.385 e. The molecule has 7 heteroatoms. The van der Waals surface area contributed by atoms with Crippen molar-refractivity contribution in [3.63, 3.8) is 0 Å². The Morgan fingerprint density at radius 3 is 2.62 bits per heavy atom. The molecular weight excluding hydrogens is 310 g/mol. The number of imide groups is 1. The Labute approximate surface area is 141 Å². The van der Waals surface area contributed by atoms with Crippen molar-refractivity contribution in [2.24, 2.45) is 0 Å². The van der Waals surface area contributed by atoms with Gasteiger partial charge in [-0.3, -0.25) is 14.5 Å². The molecule has 1 atom stereocenters. The van der Waals surface area contributed by atoms with Crippen LogP contribution in [0.3, 0.4) is 0 Å². The number of nitrogens with one attached hydrogen (secondary N) is 2. The number of benzene rings is 1. The Bertz CT molecular complexity index is 645. The first-order valence-corrected chi connectivity index (χ1v) is 8.04. The molecule has 1 aromatic rings. The minimum atomic E-state index is -0.336. The van der Waals surface area contributed by atoms with Gasteiger partial charge in [0, 0.05) is 32.0 Å². The number of amides is 4. The second-order valence-corrected chi connectivity index (χ2v) is 5.78. The molecule has 24 heavy (non-hydrogen) atoms. The van der Waals surface area contributed by atoms with Gasteiger partial charge in [0.1, 0.15) is 0 Å². The number of hydrogen-bond donors (Lipinski definition) is 2. The molecule has 1 aliphatic heterocycles. The predicted octanol–water partition coefficient (Wildman–Crippen LogP) is 2.24. The molecule has 0 bridgehead atoms. The van der Waals surface area contributed by atoms with E-state index in [2.05, 4.69) is 10.6 Å². The summed E-state index contributed by atoms with van der Waals surface area (Å²) < 4.78 is 4.95. The van der Waals surface area contributed by atoms with Gasteiger partial charge < -0.3 is 15.4 Å². The van der Waals surface area contributed by atoms with E-state index in [0.717, 1.165) is 6.42 Å². The van der Waals surface area contributed by atoms with Crippen LogP contribution in [0, 0.1) is 0 Å². The van der Waals surface area contributed by atoms with Gasteiger partial charge in [-0.1, -0.05) is 6.92 Å². The van der Waals surface area contributed by atoms with Crippen molar-refractivity contribution >= 4 is 23.5 Å². The third-order valence-electron chi connectivity index (χ3n) is 3.95. The molecule has 0 spiro atoms. The van der Waals surface area contributed by atoms with E-state index in [4.69, 9.17) is 4.74 Å². The SMILES string of the molecule is CCC(C)NC(=O)Nc1ccc2c(c1)C(=O)N(CCCOC)C2=O. The van der Waals surface area contributed by atoms with Gasteiger partial charge in [0.05, 0.1) is 11.1 Å². The van der Waals surface area contributed by atoms with Gasteiger partial charge in [-0.2, -0.15) is 0 Å². The Balaban J connectivity index is 2.08. The third-order valence-corrected chi connectivity index (χ3v) is 3.95. The van der Waals surface area contributed by atoms with Crippen molar-refractivity contribution in [1.82, 2.24) is 10.2 Å². The lowest BCUT2D eigenvalue weighted by Gasteiger charge is -2.13. The standard InChI is InChI=1S/C17H23N3O4/c1-4-11(2)18-17(23)19-12-6-7-13-14(10-12)16(22)20(15(13)21)8-5-9-24-3/h6-7,10-11H,4-5,8-9H2,1-3H3,(H2,18,19,23). The average molecular weight is 333 g/mol. The molecule has 7 nitrogen and oxygen atoms in total. The monoisotopic (exact) mass is 333 g/mol. The van der Waals surface area contributed by atoms with Crippen molar-refractivity contribution in [1.29, 1.82) is 0 Å². The van der Waals surface area contributed by atoms with E-state index in [1.54, 1.807) is 25.3 Å². The van der Waals surface area contributed by atoms with Crippen LogP contribution in [0.25, 0.3) is 0 Å². The maximum absolute atomic E-state index is 12.4. The van der Waals surface area contributed by atoms with Crippen LogP contribution in [0.2, 0.25) is 0 Å². The first-order valence-electron chi connectivity index (χ1n) is 8.04. The molecule has 0 radical (unpaired) electrons. The van der Waals surface area contributed by atoms with Gasteiger partial charge in [0.15, 0.2) is 0 Å². The highest BCUT2D eigenvalue weighted by atomic mass is 16.5. The van der Waals surface area contributed by atoms with Gasteiger partial charge in [0.25, 0.3) is 11.8 Å². The van der Waals surface area contributed by atoms with E-state index in [0.29, 0.717) is 36.4 Å². The maximum Gasteiger partial charge on any atom is 0.319 e. The van der Waals surface area contributed by atoms with E-state index in [1.807, 2.05) is 13.8 Å². The van der Waals surface area contributed by atoms with Crippen LogP contribution in [-0.2, 0) is 4.74 Å². The van der Waals surface area contributed by atoms with Crippen molar-refractivity contribution in [2.45, 2.75) is 32.7 Å². The van der Waals surface area contributed by atoms with Crippen LogP contribution in [0.5, 0.6) is 0 Å². The highest BCUT2D eigenvalue weighted by Gasteiger charge is 2.35. The second-order valence-electron chi connectivity index (χ2n) is 5.78. The summed E-state index contributed by atoms with van der Waals surface area (Å²) in [6, 6.07) is 4.46. The van der Waals surface area contributed by atoms with E-state index in [1.165, 1.54) is 4.90 Å². The lowest BCUT2D eigenvalue weighted by Crippen LogP contribution is -2.35. The van der Waals surface area contributed by atoms with Crippen LogP contribution in [0.15, 0.2) is 18.2 Å². The molecule has 0 fully saturated rings. The van der Waals surface area contributed by atoms with Crippen LogP contribution >= 0.6 is 0 Å². The van der Waals surface area contributed by atoms with E-state index in [9.17, 15) is 14.4 Å². The van der Waals surface area contributed by atoms with E-state index < -0.39 is 0 Å². The zero-order valence-electron chi connectivity index (χ0n) is 14.2.